The van der Waals surface area contributed by atoms with Crippen LogP contribution in [0.2, 0.25) is 0 Å². The summed E-state index contributed by atoms with van der Waals surface area (Å²) in [6.45, 7) is 2.79. The standard InChI is InChI=1S/C18H18N2O/c1-2-13-19-17(15-9-5-3-6-10-15)14-18(20(19)21)16-11-7-4-8-12-16/h3-12,14H,2,13H2,1H3. The van der Waals surface area contributed by atoms with Gasteiger partial charge in [-0.25, -0.2) is 0 Å². The van der Waals surface area contributed by atoms with E-state index in [0.29, 0.717) is 12.2 Å². The van der Waals surface area contributed by atoms with Crippen LogP contribution in [0, 0.1) is 5.21 Å². The lowest BCUT2D eigenvalue weighted by atomic mass is 10.1. The Balaban J connectivity index is 2.16. The van der Waals surface area contributed by atoms with E-state index in [4.69, 9.17) is 0 Å². The fourth-order valence-corrected chi connectivity index (χ4v) is 2.55. The van der Waals surface area contributed by atoms with Gasteiger partial charge >= 0.3 is 0 Å². The van der Waals surface area contributed by atoms with Gasteiger partial charge in [0.15, 0.2) is 0 Å². The summed E-state index contributed by atoms with van der Waals surface area (Å²) in [5.41, 5.74) is 3.67. The Hall–Kier alpha value is -2.55. The monoisotopic (exact) mass is 278 g/mol. The quantitative estimate of drug-likeness (QED) is 0.526. The predicted octanol–water partition coefficient (Wildman–Crippen LogP) is 3.87. The molecule has 0 aliphatic heterocycles. The van der Waals surface area contributed by atoms with Gasteiger partial charge in [-0.2, -0.15) is 0 Å². The van der Waals surface area contributed by atoms with Crippen LogP contribution in [0.15, 0.2) is 66.7 Å². The van der Waals surface area contributed by atoms with Crippen molar-refractivity contribution in [1.29, 1.82) is 0 Å². The molecule has 0 unspecified atom stereocenters. The molecule has 0 saturated heterocycles. The van der Waals surface area contributed by atoms with E-state index < -0.39 is 0 Å². The highest BCUT2D eigenvalue weighted by Crippen LogP contribution is 2.25. The third-order valence-corrected chi connectivity index (χ3v) is 3.55. The van der Waals surface area contributed by atoms with Crippen molar-refractivity contribution in [2.75, 3.05) is 0 Å². The van der Waals surface area contributed by atoms with Crippen LogP contribution in [0.1, 0.15) is 13.3 Å². The normalized spacial score (nSPS) is 10.7. The summed E-state index contributed by atoms with van der Waals surface area (Å²) in [5.74, 6) is 0. The maximum atomic E-state index is 12.6. The highest BCUT2D eigenvalue weighted by molar-refractivity contribution is 5.66. The lowest BCUT2D eigenvalue weighted by molar-refractivity contribution is -0.683. The summed E-state index contributed by atoms with van der Waals surface area (Å²) < 4.78 is 1.80. The molecule has 2 aromatic carbocycles. The third-order valence-electron chi connectivity index (χ3n) is 3.55. The lowest BCUT2D eigenvalue weighted by Crippen LogP contribution is -2.39. The summed E-state index contributed by atoms with van der Waals surface area (Å²) in [6, 6.07) is 21.8. The molecule has 3 nitrogen and oxygen atoms in total. The van der Waals surface area contributed by atoms with E-state index in [1.54, 1.807) is 4.68 Å². The predicted molar refractivity (Wildman–Crippen MR) is 84.6 cm³/mol. The first-order chi connectivity index (χ1) is 10.3. The van der Waals surface area contributed by atoms with E-state index in [1.165, 1.54) is 0 Å². The second kappa shape index (κ2) is 5.83. The largest absolute Gasteiger partial charge is 0.595 e. The Morgan fingerprint density at radius 3 is 2.05 bits per heavy atom. The van der Waals surface area contributed by atoms with Gasteiger partial charge in [-0.1, -0.05) is 60.3 Å². The van der Waals surface area contributed by atoms with Crippen molar-refractivity contribution in [3.63, 3.8) is 0 Å². The van der Waals surface area contributed by atoms with Crippen LogP contribution in [-0.2, 0) is 6.54 Å². The molecule has 1 heterocycles. The summed E-state index contributed by atoms with van der Waals surface area (Å²) >= 11 is 0. The van der Waals surface area contributed by atoms with Crippen molar-refractivity contribution in [2.45, 2.75) is 19.9 Å². The Morgan fingerprint density at radius 1 is 0.905 bits per heavy atom. The van der Waals surface area contributed by atoms with Crippen LogP contribution in [0.25, 0.3) is 22.5 Å². The van der Waals surface area contributed by atoms with Crippen molar-refractivity contribution in [3.05, 3.63) is 71.9 Å². The minimum atomic E-state index is 0.697. The van der Waals surface area contributed by atoms with Gasteiger partial charge in [-0.3, -0.25) is 0 Å². The van der Waals surface area contributed by atoms with E-state index in [9.17, 15) is 5.21 Å². The van der Waals surface area contributed by atoms with Crippen molar-refractivity contribution in [3.8, 4) is 22.5 Å². The van der Waals surface area contributed by atoms with Crippen LogP contribution in [0.3, 0.4) is 0 Å². The van der Waals surface area contributed by atoms with Crippen LogP contribution in [0.5, 0.6) is 0 Å². The third kappa shape index (κ3) is 2.55. The minimum Gasteiger partial charge on any atom is -0.595 e. The molecule has 0 atom stereocenters. The molecule has 0 bridgehead atoms. The molecule has 0 N–H and O–H groups in total. The topological polar surface area (TPSA) is 31.9 Å². The summed E-state index contributed by atoms with van der Waals surface area (Å²) in [5, 5.41) is 12.6. The number of rotatable bonds is 4. The zero-order chi connectivity index (χ0) is 14.7. The molecule has 0 fully saturated rings. The molecule has 21 heavy (non-hydrogen) atoms. The van der Waals surface area contributed by atoms with Crippen LogP contribution < -0.4 is 4.85 Å². The van der Waals surface area contributed by atoms with E-state index in [1.807, 2.05) is 66.7 Å². The molecule has 1 aromatic heterocycles. The first kappa shape index (κ1) is 13.4. The average Bonchev–Trinajstić information content (AvgIpc) is 2.87. The van der Waals surface area contributed by atoms with Crippen molar-refractivity contribution >= 4 is 0 Å². The molecule has 0 radical (unpaired) electrons. The van der Waals surface area contributed by atoms with Crippen LogP contribution >= 0.6 is 0 Å². The van der Waals surface area contributed by atoms with Gasteiger partial charge < -0.3 is 5.21 Å². The molecule has 3 heteroatoms. The molecule has 106 valence electrons. The van der Waals surface area contributed by atoms with Gasteiger partial charge in [0.05, 0.1) is 12.1 Å². The zero-order valence-electron chi connectivity index (χ0n) is 12.1. The molecular weight excluding hydrogens is 260 g/mol. The smallest absolute Gasteiger partial charge is 0.252 e. The zero-order valence-corrected chi connectivity index (χ0v) is 12.1. The summed E-state index contributed by atoms with van der Waals surface area (Å²) in [6.07, 6.45) is 0.922. The van der Waals surface area contributed by atoms with Gasteiger partial charge in [-0.15, -0.1) is 4.68 Å². The number of nitrogens with zero attached hydrogens (tertiary/aromatic N) is 2. The Morgan fingerprint density at radius 2 is 1.48 bits per heavy atom. The average molecular weight is 278 g/mol. The number of hydrogen-bond donors (Lipinski definition) is 0. The second-order valence-electron chi connectivity index (χ2n) is 5.04. The second-order valence-corrected chi connectivity index (χ2v) is 5.04. The van der Waals surface area contributed by atoms with E-state index in [2.05, 4.69) is 6.92 Å². The molecule has 0 saturated carbocycles. The fourth-order valence-electron chi connectivity index (χ4n) is 2.55. The van der Waals surface area contributed by atoms with E-state index in [0.717, 1.165) is 28.1 Å². The van der Waals surface area contributed by atoms with Gasteiger partial charge in [0.1, 0.15) is 5.69 Å². The van der Waals surface area contributed by atoms with Gasteiger partial charge in [-0.05, 0) is 18.6 Å². The van der Waals surface area contributed by atoms with Gasteiger partial charge in [0.2, 0.25) is 0 Å². The van der Waals surface area contributed by atoms with Crippen LogP contribution in [0.4, 0.5) is 0 Å². The van der Waals surface area contributed by atoms with Gasteiger partial charge in [0, 0.05) is 11.6 Å². The van der Waals surface area contributed by atoms with Crippen molar-refractivity contribution in [1.82, 2.24) is 4.68 Å². The summed E-state index contributed by atoms with van der Waals surface area (Å²) in [7, 11) is 0. The maximum absolute atomic E-state index is 12.6. The van der Waals surface area contributed by atoms with E-state index in [-0.39, 0.29) is 0 Å². The Kier molecular flexibility index (Phi) is 3.73. The van der Waals surface area contributed by atoms with Crippen molar-refractivity contribution < 1.29 is 4.85 Å². The fraction of sp³-hybridized carbons (Fsp3) is 0.167. The van der Waals surface area contributed by atoms with Gasteiger partial charge in [0.25, 0.3) is 5.69 Å². The molecule has 0 spiro atoms. The van der Waals surface area contributed by atoms with Crippen LogP contribution in [-0.4, -0.2) is 4.68 Å². The Labute approximate surface area is 124 Å². The maximum Gasteiger partial charge on any atom is 0.252 e. The van der Waals surface area contributed by atoms with Crippen molar-refractivity contribution in [2.24, 2.45) is 0 Å². The first-order valence-electron chi connectivity index (χ1n) is 7.25. The lowest BCUT2D eigenvalue weighted by Gasteiger charge is -2.07. The Bertz CT molecular complexity index is 718. The highest BCUT2D eigenvalue weighted by Gasteiger charge is 2.20. The SMILES string of the molecule is CCCn1c(-c2ccccc2)cc(-c2ccccc2)[n+]1[O-]. The highest BCUT2D eigenvalue weighted by atomic mass is 16.5. The molecule has 0 amide bonds. The number of hydrogen-bond acceptors (Lipinski definition) is 1. The number of benzene rings is 2. The summed E-state index contributed by atoms with van der Waals surface area (Å²) in [4.78, 5) is 1.02. The molecule has 3 aromatic rings. The number of aromatic nitrogens is 2. The van der Waals surface area contributed by atoms with E-state index >= 15 is 0 Å². The molecule has 0 aliphatic carbocycles. The molecule has 0 aliphatic rings. The minimum absolute atomic E-state index is 0.697. The molecular formula is C18H18N2O. The first-order valence-corrected chi connectivity index (χ1v) is 7.25. The molecule has 3 rings (SSSR count).